The predicted octanol–water partition coefficient (Wildman–Crippen LogP) is 1.92. The smallest absolute Gasteiger partial charge is 0.274 e. The lowest BCUT2D eigenvalue weighted by atomic mass is 9.97. The number of alkyl halides is 3. The Bertz CT molecular complexity index is 436. The Morgan fingerprint density at radius 3 is 2.06 bits per heavy atom. The first kappa shape index (κ1) is 15.3. The van der Waals surface area contributed by atoms with E-state index in [-0.39, 0.29) is 6.42 Å². The molecule has 1 fully saturated rings. The quantitative estimate of drug-likeness (QED) is 0.740. The zero-order valence-corrected chi connectivity index (χ0v) is 11.2. The number of carbonyl (C=O) groups excluding carboxylic acids is 1. The second-order valence-electron chi connectivity index (χ2n) is 5.31. The van der Waals surface area contributed by atoms with Gasteiger partial charge in [0.25, 0.3) is 0 Å². The molecule has 0 aromatic carbocycles. The fourth-order valence-electron chi connectivity index (χ4n) is 1.68. The number of nitrogens with zero attached hydrogens (tertiary/aromatic N) is 1. The number of sulfonamides is 1. The molecule has 0 aromatic heterocycles. The van der Waals surface area contributed by atoms with Gasteiger partial charge in [0.1, 0.15) is 0 Å². The highest BCUT2D eigenvalue weighted by molar-refractivity contribution is 7.91. The zero-order valence-electron chi connectivity index (χ0n) is 10.4. The number of carbonyl (C=O) groups is 1. The van der Waals surface area contributed by atoms with Gasteiger partial charge in [-0.25, -0.2) is 12.7 Å². The van der Waals surface area contributed by atoms with Crippen molar-refractivity contribution in [1.29, 1.82) is 0 Å². The molecule has 1 unspecified atom stereocenters. The van der Waals surface area contributed by atoms with E-state index < -0.39 is 45.7 Å². The summed E-state index contributed by atoms with van der Waals surface area (Å²) in [6.45, 7) is 3.82. The molecule has 1 atom stereocenters. The first-order valence-corrected chi connectivity index (χ1v) is 6.93. The summed E-state index contributed by atoms with van der Waals surface area (Å²) in [4.78, 5) is 11.6. The highest BCUT2D eigenvalue weighted by Crippen LogP contribution is 2.36. The van der Waals surface area contributed by atoms with E-state index in [2.05, 4.69) is 0 Å². The Kier molecular flexibility index (Phi) is 3.73. The molecule has 18 heavy (non-hydrogen) atoms. The van der Waals surface area contributed by atoms with Crippen molar-refractivity contribution in [2.24, 2.45) is 5.92 Å². The summed E-state index contributed by atoms with van der Waals surface area (Å²) in [5.74, 6) is -2.71. The summed E-state index contributed by atoms with van der Waals surface area (Å²) in [6, 6.07) is 0. The predicted molar refractivity (Wildman–Crippen MR) is 59.2 cm³/mol. The molecule has 1 saturated heterocycles. The van der Waals surface area contributed by atoms with Crippen LogP contribution in [0.4, 0.5) is 13.2 Å². The number of hydrogen-bond donors (Lipinski definition) is 0. The van der Waals surface area contributed by atoms with Gasteiger partial charge < -0.3 is 0 Å². The third-order valence-electron chi connectivity index (χ3n) is 2.91. The van der Waals surface area contributed by atoms with Crippen LogP contribution in [0.25, 0.3) is 0 Å². The summed E-state index contributed by atoms with van der Waals surface area (Å²) in [6.07, 6.45) is -5.61. The van der Waals surface area contributed by atoms with Crippen molar-refractivity contribution in [1.82, 2.24) is 4.31 Å². The van der Waals surface area contributed by atoms with Crippen molar-refractivity contribution >= 4 is 15.9 Å². The van der Waals surface area contributed by atoms with Gasteiger partial charge in [0.2, 0.25) is 15.9 Å². The summed E-state index contributed by atoms with van der Waals surface area (Å²) >= 11 is 0. The van der Waals surface area contributed by atoms with Crippen LogP contribution in [0.1, 0.15) is 33.6 Å². The van der Waals surface area contributed by atoms with E-state index >= 15 is 0 Å². The van der Waals surface area contributed by atoms with Crippen LogP contribution in [0, 0.1) is 5.92 Å². The van der Waals surface area contributed by atoms with E-state index in [0.717, 1.165) is 0 Å². The molecule has 0 radical (unpaired) electrons. The lowest BCUT2D eigenvalue weighted by Crippen LogP contribution is -2.51. The molecule has 0 bridgehead atoms. The lowest BCUT2D eigenvalue weighted by Gasteiger charge is -2.35. The van der Waals surface area contributed by atoms with Crippen molar-refractivity contribution in [3.8, 4) is 0 Å². The molecule has 106 valence electrons. The van der Waals surface area contributed by atoms with Gasteiger partial charge in [-0.05, 0) is 27.2 Å². The second-order valence-corrected chi connectivity index (χ2v) is 7.93. The number of amides is 1. The summed E-state index contributed by atoms with van der Waals surface area (Å²) in [5, 5.41) is 0. The Labute approximate surface area is 104 Å². The first-order valence-electron chi connectivity index (χ1n) is 5.49. The van der Waals surface area contributed by atoms with Crippen molar-refractivity contribution in [3.63, 3.8) is 0 Å². The molecule has 0 spiro atoms. The Balaban J connectivity index is 2.92. The van der Waals surface area contributed by atoms with Crippen LogP contribution in [0.3, 0.4) is 0 Å². The summed E-state index contributed by atoms with van der Waals surface area (Å²) < 4.78 is 60.7. The van der Waals surface area contributed by atoms with Gasteiger partial charge in [-0.2, -0.15) is 13.2 Å². The molecule has 0 saturated carbocycles. The number of hydrogen-bond acceptors (Lipinski definition) is 3. The van der Waals surface area contributed by atoms with Crippen LogP contribution in [0.5, 0.6) is 0 Å². The molecule has 1 heterocycles. The van der Waals surface area contributed by atoms with Gasteiger partial charge in [-0.3, -0.25) is 4.79 Å². The monoisotopic (exact) mass is 287 g/mol. The molecule has 0 N–H and O–H groups in total. The van der Waals surface area contributed by atoms with Crippen LogP contribution in [0.15, 0.2) is 0 Å². The maximum Gasteiger partial charge on any atom is 0.392 e. The van der Waals surface area contributed by atoms with Crippen LogP contribution >= 0.6 is 0 Å². The molecule has 0 aliphatic carbocycles. The maximum atomic E-state index is 12.5. The Morgan fingerprint density at radius 2 is 1.72 bits per heavy atom. The van der Waals surface area contributed by atoms with Crippen molar-refractivity contribution in [3.05, 3.63) is 0 Å². The molecule has 1 amide bonds. The van der Waals surface area contributed by atoms with Crippen LogP contribution in [-0.2, 0) is 14.8 Å². The second kappa shape index (κ2) is 4.40. The minimum absolute atomic E-state index is 0.370. The molecule has 1 aliphatic heterocycles. The molecular formula is C10H16F3NO3S. The average Bonchev–Trinajstić information content (AvgIpc) is 2.13. The highest BCUT2D eigenvalue weighted by Gasteiger charge is 2.48. The van der Waals surface area contributed by atoms with Crippen molar-refractivity contribution < 1.29 is 26.4 Å². The molecule has 1 rings (SSSR count). The normalized spacial score (nSPS) is 23.3. The van der Waals surface area contributed by atoms with E-state index in [4.69, 9.17) is 0 Å². The van der Waals surface area contributed by atoms with Crippen LogP contribution < -0.4 is 0 Å². The van der Waals surface area contributed by atoms with Crippen molar-refractivity contribution in [2.75, 3.05) is 6.54 Å². The molecule has 8 heteroatoms. The molecular weight excluding hydrogens is 271 g/mol. The SMILES string of the molecule is CC(C)(C)S(=O)(=O)N1CCC(C(F)(F)F)CC1=O. The fraction of sp³-hybridized carbons (Fsp3) is 0.900. The molecule has 4 nitrogen and oxygen atoms in total. The lowest BCUT2D eigenvalue weighted by molar-refractivity contribution is -0.187. The highest BCUT2D eigenvalue weighted by atomic mass is 32.2. The average molecular weight is 287 g/mol. The zero-order chi connectivity index (χ0) is 14.4. The summed E-state index contributed by atoms with van der Waals surface area (Å²) in [7, 11) is -3.90. The first-order chi connectivity index (χ1) is 7.87. The van der Waals surface area contributed by atoms with E-state index in [0.29, 0.717) is 4.31 Å². The topological polar surface area (TPSA) is 54.5 Å². The van der Waals surface area contributed by atoms with E-state index in [1.165, 1.54) is 20.8 Å². The van der Waals surface area contributed by atoms with Gasteiger partial charge in [0.05, 0.1) is 10.7 Å². The maximum absolute atomic E-state index is 12.5. The minimum Gasteiger partial charge on any atom is -0.274 e. The van der Waals surface area contributed by atoms with E-state index in [9.17, 15) is 26.4 Å². The van der Waals surface area contributed by atoms with Gasteiger partial charge in [-0.1, -0.05) is 0 Å². The Morgan fingerprint density at radius 1 is 1.22 bits per heavy atom. The third-order valence-corrected chi connectivity index (χ3v) is 5.42. The van der Waals surface area contributed by atoms with Gasteiger partial charge in [0.15, 0.2) is 0 Å². The minimum atomic E-state index is -4.45. The van der Waals surface area contributed by atoms with Crippen LogP contribution in [0.2, 0.25) is 0 Å². The van der Waals surface area contributed by atoms with E-state index in [1.54, 1.807) is 0 Å². The Hall–Kier alpha value is -0.790. The molecule has 0 aromatic rings. The van der Waals surface area contributed by atoms with Gasteiger partial charge in [-0.15, -0.1) is 0 Å². The van der Waals surface area contributed by atoms with Gasteiger partial charge >= 0.3 is 6.18 Å². The van der Waals surface area contributed by atoms with Crippen LogP contribution in [-0.4, -0.2) is 36.1 Å². The molecule has 1 aliphatic rings. The van der Waals surface area contributed by atoms with Gasteiger partial charge in [0, 0.05) is 13.0 Å². The number of rotatable bonds is 1. The summed E-state index contributed by atoms with van der Waals surface area (Å²) in [5.41, 5.74) is 0. The van der Waals surface area contributed by atoms with E-state index in [1.807, 2.05) is 0 Å². The fourth-order valence-corrected chi connectivity index (χ4v) is 3.03. The number of piperidine rings is 1. The largest absolute Gasteiger partial charge is 0.392 e. The standard InChI is InChI=1S/C10H16F3NO3S/c1-9(2,3)18(16,17)14-5-4-7(6-8(14)15)10(11,12)13/h7H,4-6H2,1-3H3. The number of halogens is 3. The van der Waals surface area contributed by atoms with Crippen molar-refractivity contribution in [2.45, 2.75) is 44.5 Å². The third kappa shape index (κ3) is 2.78.